The molecule has 360 valence electrons. The van der Waals surface area contributed by atoms with Crippen molar-refractivity contribution in [2.24, 2.45) is 10.8 Å². The van der Waals surface area contributed by atoms with Crippen molar-refractivity contribution >= 4 is 47.8 Å². The standard InChI is InChI=1S/4C7H10O4.2C5H12O4/c4*1-5(7(10)11)3-2-4-6(8)9;2*6-1-5(2-7,3-8)4-9/h4*1-4H2,(H,8,9)(H,10,11);2*6-9H,1-4H2. The van der Waals surface area contributed by atoms with Gasteiger partial charge >= 0.3 is 47.8 Å². The minimum atomic E-state index is -1.11. The van der Waals surface area contributed by atoms with E-state index in [1.807, 2.05) is 0 Å². The minimum Gasteiger partial charge on any atom is -0.481 e. The molecule has 0 spiro atoms. The normalized spacial score (nSPS) is 9.94. The number of hydrogen-bond donors (Lipinski definition) is 16. The van der Waals surface area contributed by atoms with E-state index in [1.54, 1.807) is 0 Å². The maximum atomic E-state index is 10.1. The molecular weight excluding hydrogens is 840 g/mol. The fraction of sp³-hybridized carbons (Fsp3) is 0.579. The Bertz CT molecular complexity index is 1170. The SMILES string of the molecule is C=C(CCCC(=O)O)C(=O)O.C=C(CCCC(=O)O)C(=O)O.C=C(CCCC(=O)O)C(=O)O.C=C(CCCC(=O)O)C(=O)O.OCC(CO)(CO)CO.OCC(CO)(CO)CO. The molecule has 0 fully saturated rings. The van der Waals surface area contributed by atoms with Gasteiger partial charge in [-0.05, 0) is 51.4 Å². The molecule has 0 atom stereocenters. The lowest BCUT2D eigenvalue weighted by molar-refractivity contribution is -0.138. The zero-order chi connectivity index (χ0) is 50.1. The van der Waals surface area contributed by atoms with Crippen LogP contribution in [0.15, 0.2) is 48.6 Å². The molecule has 0 heterocycles. The molecule has 24 heteroatoms. The van der Waals surface area contributed by atoms with E-state index < -0.39 is 111 Å². The van der Waals surface area contributed by atoms with Crippen LogP contribution in [0.5, 0.6) is 0 Å². The highest BCUT2D eigenvalue weighted by molar-refractivity contribution is 5.87. The molecule has 0 saturated heterocycles. The summed E-state index contributed by atoms with van der Waals surface area (Å²) in [6.07, 6.45) is 2.26. The van der Waals surface area contributed by atoms with Gasteiger partial charge in [0.2, 0.25) is 0 Å². The number of carboxylic acids is 8. The molecule has 24 nitrogen and oxygen atoms in total. The lowest BCUT2D eigenvalue weighted by atomic mass is 9.93. The molecule has 0 bridgehead atoms. The van der Waals surface area contributed by atoms with Gasteiger partial charge in [-0.2, -0.15) is 0 Å². The molecule has 0 radical (unpaired) electrons. The van der Waals surface area contributed by atoms with Gasteiger partial charge in [0.15, 0.2) is 0 Å². The molecule has 16 N–H and O–H groups in total. The maximum Gasteiger partial charge on any atom is 0.330 e. The van der Waals surface area contributed by atoms with Gasteiger partial charge in [-0.15, -0.1) is 0 Å². The highest BCUT2D eigenvalue weighted by Crippen LogP contribution is 2.13. The van der Waals surface area contributed by atoms with Crippen LogP contribution in [-0.2, 0) is 38.4 Å². The molecule has 0 aromatic rings. The van der Waals surface area contributed by atoms with E-state index in [4.69, 9.17) is 81.7 Å². The van der Waals surface area contributed by atoms with Gasteiger partial charge in [0.25, 0.3) is 0 Å². The number of hydrogen-bond acceptors (Lipinski definition) is 16. The molecule has 0 aliphatic carbocycles. The second kappa shape index (κ2) is 42.1. The third-order valence-corrected chi connectivity index (χ3v) is 7.37. The van der Waals surface area contributed by atoms with Gasteiger partial charge in [-0.25, -0.2) is 19.2 Å². The second-order valence-electron chi connectivity index (χ2n) is 12.9. The summed E-state index contributed by atoms with van der Waals surface area (Å²) in [6, 6.07) is 0. The largest absolute Gasteiger partial charge is 0.481 e. The topological polar surface area (TPSA) is 460 Å². The minimum absolute atomic E-state index is 0.00764. The zero-order valence-corrected chi connectivity index (χ0v) is 34.4. The summed E-state index contributed by atoms with van der Waals surface area (Å²) < 4.78 is 0. The zero-order valence-electron chi connectivity index (χ0n) is 34.4. The predicted molar refractivity (Wildman–Crippen MR) is 215 cm³/mol. The number of aliphatic hydroxyl groups is 8. The first-order chi connectivity index (χ1) is 28.6. The van der Waals surface area contributed by atoms with Crippen molar-refractivity contribution in [3.8, 4) is 0 Å². The monoisotopic (exact) mass is 904 g/mol. The van der Waals surface area contributed by atoms with Crippen LogP contribution in [0.3, 0.4) is 0 Å². The van der Waals surface area contributed by atoms with Crippen LogP contribution in [0.4, 0.5) is 0 Å². The van der Waals surface area contributed by atoms with Crippen LogP contribution in [0, 0.1) is 10.8 Å². The fourth-order valence-electron chi connectivity index (χ4n) is 2.84. The van der Waals surface area contributed by atoms with E-state index in [9.17, 15) is 38.4 Å². The van der Waals surface area contributed by atoms with Crippen LogP contribution >= 0.6 is 0 Å². The summed E-state index contributed by atoms with van der Waals surface area (Å²) >= 11 is 0. The number of aliphatic carboxylic acids is 8. The molecule has 0 aliphatic rings. The second-order valence-corrected chi connectivity index (χ2v) is 12.9. The average Bonchev–Trinajstić information content (AvgIpc) is 3.20. The lowest BCUT2D eigenvalue weighted by Gasteiger charge is -2.23. The molecular formula is C38H64O24. The number of aliphatic hydroxyl groups excluding tert-OH is 8. The summed E-state index contributed by atoms with van der Waals surface area (Å²) in [5.41, 5.74) is -1.98. The Labute approximate surface area is 357 Å². The molecule has 0 rings (SSSR count). The van der Waals surface area contributed by atoms with E-state index >= 15 is 0 Å². The first kappa shape index (κ1) is 68.1. The highest BCUT2D eigenvalue weighted by Gasteiger charge is 2.27. The van der Waals surface area contributed by atoms with Gasteiger partial charge in [0.1, 0.15) is 0 Å². The summed E-state index contributed by atoms with van der Waals surface area (Å²) in [6.45, 7) is 9.78. The molecule has 0 saturated carbocycles. The molecule has 62 heavy (non-hydrogen) atoms. The lowest BCUT2D eigenvalue weighted by Crippen LogP contribution is -2.37. The quantitative estimate of drug-likeness (QED) is 0.0436. The van der Waals surface area contributed by atoms with E-state index in [0.717, 1.165) is 0 Å². The van der Waals surface area contributed by atoms with Gasteiger partial charge in [-0.3, -0.25) is 19.2 Å². The summed E-state index contributed by atoms with van der Waals surface area (Å²) in [7, 11) is 0. The van der Waals surface area contributed by atoms with E-state index in [1.165, 1.54) is 0 Å². The predicted octanol–water partition coefficient (Wildman–Crippen LogP) is -0.588. The van der Waals surface area contributed by atoms with Gasteiger partial charge in [0, 0.05) is 48.0 Å². The first-order valence-electron chi connectivity index (χ1n) is 18.0. The maximum absolute atomic E-state index is 10.1. The molecule has 0 aromatic carbocycles. The molecule has 0 aromatic heterocycles. The Balaban J connectivity index is -0.000000152. The summed E-state index contributed by atoms with van der Waals surface area (Å²) in [5, 5.41) is 134. The summed E-state index contributed by atoms with van der Waals surface area (Å²) in [5.74, 6) is -7.89. The molecule has 0 aliphatic heterocycles. The third kappa shape index (κ3) is 45.5. The van der Waals surface area contributed by atoms with Gasteiger partial charge in [0.05, 0.1) is 63.7 Å². The van der Waals surface area contributed by atoms with Crippen molar-refractivity contribution in [3.63, 3.8) is 0 Å². The van der Waals surface area contributed by atoms with E-state index in [2.05, 4.69) is 26.3 Å². The third-order valence-electron chi connectivity index (χ3n) is 7.37. The van der Waals surface area contributed by atoms with Crippen molar-refractivity contribution in [2.45, 2.75) is 77.0 Å². The number of rotatable bonds is 28. The average molecular weight is 905 g/mol. The van der Waals surface area contributed by atoms with E-state index in [-0.39, 0.29) is 73.7 Å². The Kier molecular flexibility index (Phi) is 46.3. The Hall–Kier alpha value is -5.60. The Morgan fingerprint density at radius 1 is 0.274 bits per heavy atom. The smallest absolute Gasteiger partial charge is 0.330 e. The molecule has 0 unspecified atom stereocenters. The Morgan fingerprint density at radius 3 is 0.468 bits per heavy atom. The summed E-state index contributed by atoms with van der Waals surface area (Å²) in [4.78, 5) is 80.4. The van der Waals surface area contributed by atoms with Gasteiger partial charge in [-0.1, -0.05) is 26.3 Å². The fourth-order valence-corrected chi connectivity index (χ4v) is 2.84. The number of carbonyl (C=O) groups is 8. The van der Waals surface area contributed by atoms with Crippen molar-refractivity contribution in [3.05, 3.63) is 48.6 Å². The van der Waals surface area contributed by atoms with Gasteiger partial charge < -0.3 is 81.7 Å². The van der Waals surface area contributed by atoms with Crippen LogP contribution < -0.4 is 0 Å². The molecule has 0 amide bonds. The number of carboxylic acid groups (broad SMARTS) is 8. The van der Waals surface area contributed by atoms with E-state index in [0.29, 0.717) is 25.7 Å². The van der Waals surface area contributed by atoms with Crippen LogP contribution in [0.1, 0.15) is 77.0 Å². The Morgan fingerprint density at radius 2 is 0.403 bits per heavy atom. The van der Waals surface area contributed by atoms with Crippen LogP contribution in [0.2, 0.25) is 0 Å². The van der Waals surface area contributed by atoms with Crippen molar-refractivity contribution in [1.82, 2.24) is 0 Å². The van der Waals surface area contributed by atoms with Crippen molar-refractivity contribution < 1.29 is 120 Å². The highest BCUT2D eigenvalue weighted by atomic mass is 16.4. The van der Waals surface area contributed by atoms with Crippen LogP contribution in [-0.4, -0.2) is 182 Å². The van der Waals surface area contributed by atoms with Crippen molar-refractivity contribution in [1.29, 1.82) is 0 Å². The first-order valence-corrected chi connectivity index (χ1v) is 18.0. The van der Waals surface area contributed by atoms with Crippen LogP contribution in [0.25, 0.3) is 0 Å². The van der Waals surface area contributed by atoms with Crippen molar-refractivity contribution in [2.75, 3.05) is 52.9 Å².